The Morgan fingerprint density at radius 2 is 1.96 bits per heavy atom. The number of benzene rings is 1. The first-order chi connectivity index (χ1) is 12.7. The largest absolute Gasteiger partial charge is 0.469 e. The number of amides is 1. The molecule has 0 aliphatic carbocycles. The van der Waals surface area contributed by atoms with Gasteiger partial charge in [-0.2, -0.15) is 13.2 Å². The SMILES string of the molecule is COC(=O)CCCC(=O)N1CCC[C@@H](C(=O)c2cccc(C(F)(F)F)c2)C1. The van der Waals surface area contributed by atoms with E-state index in [2.05, 4.69) is 4.74 Å². The minimum Gasteiger partial charge on any atom is -0.469 e. The molecule has 0 spiro atoms. The van der Waals surface area contributed by atoms with E-state index in [1.807, 2.05) is 0 Å². The Hall–Kier alpha value is -2.38. The zero-order valence-electron chi connectivity index (χ0n) is 15.1. The van der Waals surface area contributed by atoms with Gasteiger partial charge in [0.05, 0.1) is 12.7 Å². The van der Waals surface area contributed by atoms with Gasteiger partial charge in [-0.15, -0.1) is 0 Å². The van der Waals surface area contributed by atoms with Crippen LogP contribution < -0.4 is 0 Å². The number of hydrogen-bond donors (Lipinski definition) is 0. The average Bonchev–Trinajstić information content (AvgIpc) is 2.66. The molecule has 2 rings (SSSR count). The molecule has 0 N–H and O–H groups in total. The molecular formula is C19H22F3NO4. The number of nitrogens with zero attached hydrogens (tertiary/aromatic N) is 1. The van der Waals surface area contributed by atoms with Gasteiger partial charge in [-0.05, 0) is 31.4 Å². The van der Waals surface area contributed by atoms with Gasteiger partial charge in [0, 0.05) is 37.4 Å². The van der Waals surface area contributed by atoms with Crippen molar-refractivity contribution >= 4 is 17.7 Å². The third kappa shape index (κ3) is 5.80. The molecule has 0 bridgehead atoms. The van der Waals surface area contributed by atoms with E-state index < -0.39 is 17.7 Å². The maximum atomic E-state index is 12.8. The zero-order chi connectivity index (χ0) is 20.0. The zero-order valence-corrected chi connectivity index (χ0v) is 15.1. The lowest BCUT2D eigenvalue weighted by molar-refractivity contribution is -0.141. The number of alkyl halides is 3. The molecule has 148 valence electrons. The molecule has 1 saturated heterocycles. The summed E-state index contributed by atoms with van der Waals surface area (Å²) in [4.78, 5) is 37.5. The summed E-state index contributed by atoms with van der Waals surface area (Å²) in [6.07, 6.45) is -2.71. The van der Waals surface area contributed by atoms with Gasteiger partial charge in [0.2, 0.25) is 5.91 Å². The molecule has 1 aromatic rings. The quantitative estimate of drug-likeness (QED) is 0.556. The summed E-state index contributed by atoms with van der Waals surface area (Å²) < 4.78 is 43.1. The molecule has 0 saturated carbocycles. The number of Topliss-reactive ketones (excluding diaryl/α,β-unsaturated/α-hetero) is 1. The van der Waals surface area contributed by atoms with Crippen molar-refractivity contribution < 1.29 is 32.3 Å². The van der Waals surface area contributed by atoms with Crippen LogP contribution in [0.5, 0.6) is 0 Å². The normalized spacial score (nSPS) is 17.5. The number of rotatable bonds is 6. The molecule has 1 atom stereocenters. The Bertz CT molecular complexity index is 702. The number of carbonyl (C=O) groups is 3. The van der Waals surface area contributed by atoms with Gasteiger partial charge < -0.3 is 9.64 Å². The highest BCUT2D eigenvalue weighted by molar-refractivity contribution is 5.98. The molecule has 1 amide bonds. The second-order valence-corrected chi connectivity index (χ2v) is 6.55. The number of halogens is 3. The summed E-state index contributed by atoms with van der Waals surface area (Å²) in [5, 5.41) is 0. The first-order valence-electron chi connectivity index (χ1n) is 8.78. The number of ketones is 1. The predicted molar refractivity (Wildman–Crippen MR) is 90.9 cm³/mol. The first kappa shape index (κ1) is 20.9. The van der Waals surface area contributed by atoms with Gasteiger partial charge in [0.15, 0.2) is 5.78 Å². The summed E-state index contributed by atoms with van der Waals surface area (Å²) in [5.74, 6) is -1.46. The summed E-state index contributed by atoms with van der Waals surface area (Å²) in [7, 11) is 1.28. The maximum absolute atomic E-state index is 12.8. The number of likely N-dealkylation sites (tertiary alicyclic amines) is 1. The van der Waals surface area contributed by atoms with E-state index in [4.69, 9.17) is 0 Å². The Morgan fingerprint density at radius 3 is 2.63 bits per heavy atom. The van der Waals surface area contributed by atoms with Crippen LogP contribution in [0.25, 0.3) is 0 Å². The minimum absolute atomic E-state index is 0.00909. The van der Waals surface area contributed by atoms with Gasteiger partial charge in [0.1, 0.15) is 0 Å². The molecule has 1 heterocycles. The number of carbonyl (C=O) groups excluding carboxylic acids is 3. The molecule has 1 aliphatic heterocycles. The fraction of sp³-hybridized carbons (Fsp3) is 0.526. The second-order valence-electron chi connectivity index (χ2n) is 6.55. The minimum atomic E-state index is -4.51. The van der Waals surface area contributed by atoms with E-state index in [9.17, 15) is 27.6 Å². The first-order valence-corrected chi connectivity index (χ1v) is 8.78. The Labute approximate surface area is 155 Å². The van der Waals surface area contributed by atoms with Crippen LogP contribution in [0.15, 0.2) is 24.3 Å². The molecule has 1 aromatic carbocycles. The molecule has 0 radical (unpaired) electrons. The third-order valence-electron chi connectivity index (χ3n) is 4.62. The molecular weight excluding hydrogens is 363 g/mol. The highest BCUT2D eigenvalue weighted by atomic mass is 19.4. The van der Waals surface area contributed by atoms with Crippen LogP contribution in [-0.4, -0.2) is 42.8 Å². The van der Waals surface area contributed by atoms with Crippen molar-refractivity contribution in [2.45, 2.75) is 38.3 Å². The molecule has 1 aliphatic rings. The van der Waals surface area contributed by atoms with E-state index in [0.717, 1.165) is 12.1 Å². The average molecular weight is 385 g/mol. The van der Waals surface area contributed by atoms with Crippen LogP contribution in [0.4, 0.5) is 13.2 Å². The van der Waals surface area contributed by atoms with Gasteiger partial charge in [-0.25, -0.2) is 0 Å². The van der Waals surface area contributed by atoms with Gasteiger partial charge in [0.25, 0.3) is 0 Å². The van der Waals surface area contributed by atoms with E-state index >= 15 is 0 Å². The summed E-state index contributed by atoms with van der Waals surface area (Å²) in [5.41, 5.74) is -0.852. The highest BCUT2D eigenvalue weighted by Crippen LogP contribution is 2.30. The second kappa shape index (κ2) is 9.01. The van der Waals surface area contributed by atoms with E-state index in [1.54, 1.807) is 4.90 Å². The van der Waals surface area contributed by atoms with Crippen molar-refractivity contribution in [3.8, 4) is 0 Å². The predicted octanol–water partition coefficient (Wildman–Crippen LogP) is 3.47. The highest BCUT2D eigenvalue weighted by Gasteiger charge is 2.33. The van der Waals surface area contributed by atoms with E-state index in [0.29, 0.717) is 25.8 Å². The van der Waals surface area contributed by atoms with Gasteiger partial charge in [-0.3, -0.25) is 14.4 Å². The Balaban J connectivity index is 1.98. The van der Waals surface area contributed by atoms with Crippen LogP contribution in [0.2, 0.25) is 0 Å². The van der Waals surface area contributed by atoms with Crippen LogP contribution in [0.3, 0.4) is 0 Å². The van der Waals surface area contributed by atoms with Gasteiger partial charge >= 0.3 is 12.1 Å². The molecule has 8 heteroatoms. The van der Waals surface area contributed by atoms with Crippen molar-refractivity contribution in [3.63, 3.8) is 0 Å². The van der Waals surface area contributed by atoms with Gasteiger partial charge in [-0.1, -0.05) is 12.1 Å². The lowest BCUT2D eigenvalue weighted by Gasteiger charge is -2.32. The monoisotopic (exact) mass is 385 g/mol. The van der Waals surface area contributed by atoms with Crippen LogP contribution in [-0.2, 0) is 20.5 Å². The third-order valence-corrected chi connectivity index (χ3v) is 4.62. The number of methoxy groups -OCH3 is 1. The van der Waals surface area contributed by atoms with Crippen LogP contribution in [0.1, 0.15) is 48.0 Å². The summed E-state index contributed by atoms with van der Waals surface area (Å²) in [6, 6.07) is 4.37. The fourth-order valence-electron chi connectivity index (χ4n) is 3.15. The smallest absolute Gasteiger partial charge is 0.416 e. The van der Waals surface area contributed by atoms with Crippen molar-refractivity contribution in [2.24, 2.45) is 5.92 Å². The Morgan fingerprint density at radius 1 is 1.22 bits per heavy atom. The molecule has 1 fully saturated rings. The number of piperidine rings is 1. The maximum Gasteiger partial charge on any atom is 0.416 e. The van der Waals surface area contributed by atoms with E-state index in [-0.39, 0.29) is 42.6 Å². The fourth-order valence-corrected chi connectivity index (χ4v) is 3.15. The molecule has 27 heavy (non-hydrogen) atoms. The molecule has 5 nitrogen and oxygen atoms in total. The van der Waals surface area contributed by atoms with Crippen molar-refractivity contribution in [3.05, 3.63) is 35.4 Å². The molecule has 0 aromatic heterocycles. The van der Waals surface area contributed by atoms with E-state index in [1.165, 1.54) is 19.2 Å². The number of ether oxygens (including phenoxy) is 1. The number of hydrogen-bond acceptors (Lipinski definition) is 4. The van der Waals surface area contributed by atoms with Crippen LogP contribution >= 0.6 is 0 Å². The van der Waals surface area contributed by atoms with Crippen molar-refractivity contribution in [1.29, 1.82) is 0 Å². The topological polar surface area (TPSA) is 63.7 Å². The Kier molecular flexibility index (Phi) is 6.98. The standard InChI is InChI=1S/C19H22F3NO4/c1-27-17(25)9-3-8-16(24)23-10-4-6-14(12-23)18(26)13-5-2-7-15(11-13)19(20,21)22/h2,5,7,11,14H,3-4,6,8-10,12H2,1H3/t14-/m1/s1. The van der Waals surface area contributed by atoms with Crippen LogP contribution in [0, 0.1) is 5.92 Å². The lowest BCUT2D eigenvalue weighted by Crippen LogP contribution is -2.42. The lowest BCUT2D eigenvalue weighted by atomic mass is 9.89. The summed E-state index contributed by atoms with van der Waals surface area (Å²) >= 11 is 0. The molecule has 0 unspecified atom stereocenters. The number of esters is 1. The van der Waals surface area contributed by atoms with Crippen molar-refractivity contribution in [2.75, 3.05) is 20.2 Å². The van der Waals surface area contributed by atoms with Crippen molar-refractivity contribution in [1.82, 2.24) is 4.90 Å². The summed E-state index contributed by atoms with van der Waals surface area (Å²) in [6.45, 7) is 0.690.